The molecule has 1 aliphatic heterocycles. The lowest BCUT2D eigenvalue weighted by Gasteiger charge is -2.27. The number of hydrogen-bond donors (Lipinski definition) is 1. The zero-order valence-corrected chi connectivity index (χ0v) is 17.5. The van der Waals surface area contributed by atoms with Gasteiger partial charge in [0.1, 0.15) is 11.6 Å². The van der Waals surface area contributed by atoms with Crippen molar-refractivity contribution in [3.05, 3.63) is 52.5 Å². The summed E-state index contributed by atoms with van der Waals surface area (Å²) in [6.07, 6.45) is 3.49. The summed E-state index contributed by atoms with van der Waals surface area (Å²) in [6, 6.07) is 6.33. The van der Waals surface area contributed by atoms with Gasteiger partial charge in [-0.1, -0.05) is 0 Å². The van der Waals surface area contributed by atoms with E-state index in [-0.39, 0.29) is 24.1 Å². The van der Waals surface area contributed by atoms with Crippen LogP contribution in [0.5, 0.6) is 0 Å². The van der Waals surface area contributed by atoms with E-state index in [1.165, 1.54) is 12.1 Å². The monoisotopic (exact) mass is 468 g/mol. The normalized spacial score (nSPS) is 14.0. The first-order valence-electron chi connectivity index (χ1n) is 8.58. The third kappa shape index (κ3) is 3.85. The second-order valence-electron chi connectivity index (χ2n) is 6.36. The molecule has 2 aromatic heterocycles. The highest BCUT2D eigenvalue weighted by Crippen LogP contribution is 2.31. The minimum atomic E-state index is -0.323. The van der Waals surface area contributed by atoms with E-state index < -0.39 is 0 Å². The Labute approximate surface area is 176 Å². The summed E-state index contributed by atoms with van der Waals surface area (Å²) in [7, 11) is 1.90. The molecule has 1 fully saturated rings. The van der Waals surface area contributed by atoms with Gasteiger partial charge in [-0.2, -0.15) is 0 Å². The van der Waals surface area contributed by atoms with E-state index >= 15 is 0 Å². The van der Waals surface area contributed by atoms with Gasteiger partial charge in [-0.3, -0.25) is 4.79 Å². The van der Waals surface area contributed by atoms with E-state index in [1.54, 1.807) is 17.2 Å². The number of nitrogens with one attached hydrogen (secondary N) is 1. The number of fused-ring (bicyclic) bond motifs is 1. The fraction of sp³-hybridized carbons (Fsp3) is 0.263. The number of benzene rings is 1. The van der Waals surface area contributed by atoms with E-state index in [0.717, 1.165) is 10.9 Å². The Morgan fingerprint density at radius 3 is 2.75 bits per heavy atom. The number of pyridine rings is 1. The van der Waals surface area contributed by atoms with Crippen molar-refractivity contribution < 1.29 is 13.9 Å². The fourth-order valence-electron chi connectivity index (χ4n) is 3.23. The lowest BCUT2D eigenvalue weighted by molar-refractivity contribution is 0.0303. The lowest BCUT2D eigenvalue weighted by atomic mass is 10.1. The van der Waals surface area contributed by atoms with Gasteiger partial charge in [0.25, 0.3) is 5.91 Å². The molecule has 0 aliphatic carbocycles. The van der Waals surface area contributed by atoms with Crippen LogP contribution in [0.1, 0.15) is 10.4 Å². The summed E-state index contributed by atoms with van der Waals surface area (Å²) >= 11 is 3.36. The zero-order valence-electron chi connectivity index (χ0n) is 15.1. The number of aryl methyl sites for hydroxylation is 1. The third-order valence-electron chi connectivity index (χ3n) is 4.62. The third-order valence-corrected chi connectivity index (χ3v) is 5.27. The Morgan fingerprint density at radius 2 is 2.04 bits per heavy atom. The average Bonchev–Trinajstić information content (AvgIpc) is 3.07. The van der Waals surface area contributed by atoms with Gasteiger partial charge in [-0.15, -0.1) is 12.4 Å². The van der Waals surface area contributed by atoms with Gasteiger partial charge in [-0.05, 0) is 40.2 Å². The second-order valence-corrected chi connectivity index (χ2v) is 7.22. The largest absolute Gasteiger partial charge is 0.378 e. The first kappa shape index (κ1) is 20.6. The van der Waals surface area contributed by atoms with Gasteiger partial charge in [0.05, 0.1) is 30.0 Å². The number of rotatable bonds is 3. The van der Waals surface area contributed by atoms with Crippen LogP contribution in [0, 0.1) is 5.82 Å². The lowest BCUT2D eigenvalue weighted by Crippen LogP contribution is -2.40. The first-order valence-corrected chi connectivity index (χ1v) is 9.37. The zero-order chi connectivity index (χ0) is 19.0. The molecule has 28 heavy (non-hydrogen) atoms. The highest BCUT2D eigenvalue weighted by atomic mass is 79.9. The van der Waals surface area contributed by atoms with Crippen LogP contribution in [0.3, 0.4) is 0 Å². The van der Waals surface area contributed by atoms with E-state index in [9.17, 15) is 9.18 Å². The van der Waals surface area contributed by atoms with Gasteiger partial charge in [0.2, 0.25) is 0 Å². The van der Waals surface area contributed by atoms with E-state index in [4.69, 9.17) is 4.74 Å². The van der Waals surface area contributed by atoms with Crippen molar-refractivity contribution in [1.82, 2.24) is 14.5 Å². The van der Waals surface area contributed by atoms with Crippen molar-refractivity contribution in [3.8, 4) is 0 Å². The Morgan fingerprint density at radius 1 is 1.29 bits per heavy atom. The molecule has 4 rings (SSSR count). The Kier molecular flexibility index (Phi) is 6.22. The van der Waals surface area contributed by atoms with E-state index in [1.807, 2.05) is 23.9 Å². The molecule has 0 saturated carbocycles. The molecule has 6 nitrogen and oxygen atoms in total. The molecule has 1 aromatic carbocycles. The maximum Gasteiger partial charge on any atom is 0.257 e. The molecule has 0 atom stereocenters. The molecule has 3 aromatic rings. The van der Waals surface area contributed by atoms with E-state index in [2.05, 4.69) is 26.2 Å². The standard InChI is InChI=1S/C19H18BrFN4O2.ClH/c1-24-5-4-13-17(24)14(19(26)25-6-8-27-9-7-25)11-22-18(13)23-16-3-2-12(21)10-15(16)20;/h2-5,10-11H,6-9H2,1H3,(H,22,23);1H. The van der Waals surface area contributed by atoms with Crippen LogP contribution in [0.2, 0.25) is 0 Å². The number of ether oxygens (including phenoxy) is 1. The van der Waals surface area contributed by atoms with Gasteiger partial charge in [0, 0.05) is 42.4 Å². The first-order chi connectivity index (χ1) is 13.0. The summed E-state index contributed by atoms with van der Waals surface area (Å²) in [6.45, 7) is 2.25. The molecule has 0 unspecified atom stereocenters. The summed E-state index contributed by atoms with van der Waals surface area (Å²) in [5.41, 5.74) is 2.06. The van der Waals surface area contributed by atoms with Crippen LogP contribution in [0.15, 0.2) is 41.1 Å². The highest BCUT2D eigenvalue weighted by Gasteiger charge is 2.23. The number of morpholine rings is 1. The molecule has 1 N–H and O–H groups in total. The quantitative estimate of drug-likeness (QED) is 0.627. The van der Waals surface area contributed by atoms with Crippen molar-refractivity contribution >= 4 is 56.7 Å². The number of carbonyl (C=O) groups excluding carboxylic acids is 1. The van der Waals surface area contributed by atoms with Crippen molar-refractivity contribution in [3.63, 3.8) is 0 Å². The van der Waals surface area contributed by atoms with Crippen LogP contribution in [0.4, 0.5) is 15.9 Å². The minimum absolute atomic E-state index is 0. The fourth-order valence-corrected chi connectivity index (χ4v) is 3.68. The second kappa shape index (κ2) is 8.46. The van der Waals surface area contributed by atoms with Crippen LogP contribution in [0.25, 0.3) is 10.9 Å². The van der Waals surface area contributed by atoms with Crippen molar-refractivity contribution in [2.24, 2.45) is 7.05 Å². The molecule has 148 valence electrons. The van der Waals surface area contributed by atoms with Crippen LogP contribution in [-0.2, 0) is 11.8 Å². The minimum Gasteiger partial charge on any atom is -0.378 e. The van der Waals surface area contributed by atoms with Gasteiger partial charge in [0.15, 0.2) is 0 Å². The van der Waals surface area contributed by atoms with Crippen molar-refractivity contribution in [2.45, 2.75) is 0 Å². The predicted molar refractivity (Wildman–Crippen MR) is 112 cm³/mol. The molecule has 3 heterocycles. The molecule has 0 spiro atoms. The van der Waals surface area contributed by atoms with Crippen molar-refractivity contribution in [2.75, 3.05) is 31.6 Å². The summed E-state index contributed by atoms with van der Waals surface area (Å²) in [5.74, 6) is 0.236. The SMILES string of the molecule is Cl.Cn1ccc2c(Nc3ccc(F)cc3Br)ncc(C(=O)N3CCOCC3)c21. The topological polar surface area (TPSA) is 59.4 Å². The smallest absolute Gasteiger partial charge is 0.257 e. The summed E-state index contributed by atoms with van der Waals surface area (Å²) in [5, 5.41) is 4.05. The average molecular weight is 470 g/mol. The van der Waals surface area contributed by atoms with E-state index in [0.29, 0.717) is 47.8 Å². The molecule has 1 aliphatic rings. The van der Waals surface area contributed by atoms with Crippen LogP contribution >= 0.6 is 28.3 Å². The Balaban J connectivity index is 0.00000225. The molecule has 0 bridgehead atoms. The maximum atomic E-state index is 13.3. The number of halogens is 3. The maximum absolute atomic E-state index is 13.3. The predicted octanol–water partition coefficient (Wildman–Crippen LogP) is 4.11. The number of carbonyl (C=O) groups is 1. The highest BCUT2D eigenvalue weighted by molar-refractivity contribution is 9.10. The molecule has 9 heteroatoms. The molecule has 1 amide bonds. The molecule has 1 saturated heterocycles. The van der Waals surface area contributed by atoms with Crippen molar-refractivity contribution in [1.29, 1.82) is 0 Å². The number of aromatic nitrogens is 2. The molecular weight excluding hydrogens is 451 g/mol. The number of nitrogens with zero attached hydrogens (tertiary/aromatic N) is 3. The Hall–Kier alpha value is -2.16. The molecule has 0 radical (unpaired) electrons. The summed E-state index contributed by atoms with van der Waals surface area (Å²) < 4.78 is 21.2. The van der Waals surface area contributed by atoms with Crippen LogP contribution < -0.4 is 5.32 Å². The van der Waals surface area contributed by atoms with Gasteiger partial charge >= 0.3 is 0 Å². The van der Waals surface area contributed by atoms with Gasteiger partial charge in [-0.25, -0.2) is 9.37 Å². The molecular formula is C19H19BrClFN4O2. The summed E-state index contributed by atoms with van der Waals surface area (Å²) in [4.78, 5) is 19.2. The Bertz CT molecular complexity index is 1020. The number of amides is 1. The number of anilines is 2. The van der Waals surface area contributed by atoms with Gasteiger partial charge < -0.3 is 19.5 Å². The number of hydrogen-bond acceptors (Lipinski definition) is 4. The van der Waals surface area contributed by atoms with Crippen LogP contribution in [-0.4, -0.2) is 46.7 Å².